The van der Waals surface area contributed by atoms with Gasteiger partial charge in [0.05, 0.1) is 12.9 Å². The maximum absolute atomic E-state index is 5.56. The molecular formula is C10H15OPS. The van der Waals surface area contributed by atoms with E-state index in [4.69, 9.17) is 16.3 Å². The highest BCUT2D eigenvalue weighted by molar-refractivity contribution is 8.11. The topological polar surface area (TPSA) is 9.23 Å². The van der Waals surface area contributed by atoms with E-state index in [1.807, 2.05) is 31.5 Å². The molecule has 1 aromatic carbocycles. The zero-order valence-corrected chi connectivity index (χ0v) is 9.78. The third-order valence-electron chi connectivity index (χ3n) is 1.64. The molecule has 0 saturated heterocycles. The van der Waals surface area contributed by atoms with Crippen LogP contribution in [0.25, 0.3) is 0 Å². The Balaban J connectivity index is 2.33. The van der Waals surface area contributed by atoms with Crippen LogP contribution < -0.4 is 0 Å². The van der Waals surface area contributed by atoms with E-state index < -0.39 is 6.26 Å². The van der Waals surface area contributed by atoms with E-state index in [-0.39, 0.29) is 0 Å². The lowest BCUT2D eigenvalue weighted by atomic mass is 10.2. The molecule has 0 radical (unpaired) electrons. The van der Waals surface area contributed by atoms with Crippen molar-refractivity contribution < 1.29 is 4.52 Å². The molecule has 0 N–H and O–H groups in total. The molecule has 0 fully saturated rings. The first-order valence-corrected chi connectivity index (χ1v) is 7.93. The summed E-state index contributed by atoms with van der Waals surface area (Å²) in [5, 5.41) is 0. The van der Waals surface area contributed by atoms with Crippen LogP contribution in [-0.4, -0.2) is 19.9 Å². The standard InChI is InChI=1S/C10H15OPS/c1-12(2,13)11-9-8-10-6-4-3-5-7-10/h3-7H,8-9H2,1-2H3. The largest absolute Gasteiger partial charge is 0.351 e. The first-order valence-electron chi connectivity index (χ1n) is 4.31. The van der Waals surface area contributed by atoms with E-state index in [0.29, 0.717) is 0 Å². The Morgan fingerprint density at radius 1 is 1.23 bits per heavy atom. The quantitative estimate of drug-likeness (QED) is 0.713. The third-order valence-corrected chi connectivity index (χ3v) is 2.76. The van der Waals surface area contributed by atoms with E-state index in [9.17, 15) is 0 Å². The van der Waals surface area contributed by atoms with Gasteiger partial charge in [-0.25, -0.2) is 0 Å². The summed E-state index contributed by atoms with van der Waals surface area (Å²) in [6, 6.07) is 10.3. The summed E-state index contributed by atoms with van der Waals surface area (Å²) < 4.78 is 5.56. The minimum atomic E-state index is -1.47. The Morgan fingerprint density at radius 2 is 1.85 bits per heavy atom. The number of rotatable bonds is 4. The van der Waals surface area contributed by atoms with Crippen LogP contribution in [0.2, 0.25) is 0 Å². The predicted octanol–water partition coefficient (Wildman–Crippen LogP) is 2.90. The molecule has 1 nitrogen and oxygen atoms in total. The van der Waals surface area contributed by atoms with Gasteiger partial charge in [-0.3, -0.25) is 0 Å². The smallest absolute Gasteiger partial charge is 0.0616 e. The van der Waals surface area contributed by atoms with E-state index in [2.05, 4.69) is 12.1 Å². The summed E-state index contributed by atoms with van der Waals surface area (Å²) in [7, 11) is 0. The molecule has 0 spiro atoms. The van der Waals surface area contributed by atoms with Gasteiger partial charge in [0.25, 0.3) is 0 Å². The Labute approximate surface area is 85.2 Å². The molecule has 0 aromatic heterocycles. The fourth-order valence-corrected chi connectivity index (χ4v) is 1.78. The van der Waals surface area contributed by atoms with Crippen molar-refractivity contribution in [3.8, 4) is 0 Å². The van der Waals surface area contributed by atoms with E-state index in [1.54, 1.807) is 0 Å². The lowest BCUT2D eigenvalue weighted by Crippen LogP contribution is -1.95. The number of hydrogen-bond donors (Lipinski definition) is 0. The molecule has 0 atom stereocenters. The van der Waals surface area contributed by atoms with Crippen molar-refractivity contribution in [1.82, 2.24) is 0 Å². The molecule has 0 unspecified atom stereocenters. The van der Waals surface area contributed by atoms with Crippen molar-refractivity contribution >= 4 is 18.1 Å². The lowest BCUT2D eigenvalue weighted by molar-refractivity contribution is 0.360. The summed E-state index contributed by atoms with van der Waals surface area (Å²) in [6.07, 6.45) is -0.510. The summed E-state index contributed by atoms with van der Waals surface area (Å²) in [5.41, 5.74) is 1.31. The Kier molecular flexibility index (Phi) is 4.11. The van der Waals surface area contributed by atoms with Crippen molar-refractivity contribution in [2.24, 2.45) is 0 Å². The molecule has 0 aliphatic heterocycles. The van der Waals surface area contributed by atoms with E-state index in [0.717, 1.165) is 13.0 Å². The van der Waals surface area contributed by atoms with Crippen LogP contribution in [-0.2, 0) is 22.8 Å². The highest BCUT2D eigenvalue weighted by atomic mass is 32.4. The van der Waals surface area contributed by atoms with Crippen LogP contribution in [0.1, 0.15) is 5.56 Å². The second kappa shape index (κ2) is 4.90. The van der Waals surface area contributed by atoms with Crippen LogP contribution >= 0.6 is 6.26 Å². The van der Waals surface area contributed by atoms with Gasteiger partial charge in [0.2, 0.25) is 0 Å². The molecule has 3 heteroatoms. The molecule has 72 valence electrons. The van der Waals surface area contributed by atoms with Crippen LogP contribution in [0.3, 0.4) is 0 Å². The van der Waals surface area contributed by atoms with Gasteiger partial charge in [0, 0.05) is 0 Å². The van der Waals surface area contributed by atoms with Crippen molar-refractivity contribution in [3.05, 3.63) is 35.9 Å². The lowest BCUT2D eigenvalue weighted by Gasteiger charge is -2.11. The fourth-order valence-electron chi connectivity index (χ4n) is 1.03. The average Bonchev–Trinajstić information content (AvgIpc) is 2.04. The minimum Gasteiger partial charge on any atom is -0.351 e. The zero-order valence-electron chi connectivity index (χ0n) is 8.06. The highest BCUT2D eigenvalue weighted by Crippen LogP contribution is 2.37. The maximum atomic E-state index is 5.56. The first-order chi connectivity index (χ1) is 6.08. The van der Waals surface area contributed by atoms with Crippen LogP contribution in [0.4, 0.5) is 0 Å². The van der Waals surface area contributed by atoms with Crippen molar-refractivity contribution in [1.29, 1.82) is 0 Å². The zero-order chi connectivity index (χ0) is 9.73. The molecule has 1 aromatic rings. The van der Waals surface area contributed by atoms with Crippen molar-refractivity contribution in [2.75, 3.05) is 19.9 Å². The molecule has 0 aliphatic carbocycles. The second-order valence-electron chi connectivity index (χ2n) is 3.32. The van der Waals surface area contributed by atoms with Crippen molar-refractivity contribution in [3.63, 3.8) is 0 Å². The monoisotopic (exact) mass is 214 g/mol. The molecule has 0 heterocycles. The first kappa shape index (κ1) is 10.9. The van der Waals surface area contributed by atoms with Gasteiger partial charge in [0.1, 0.15) is 0 Å². The van der Waals surface area contributed by atoms with Gasteiger partial charge >= 0.3 is 0 Å². The van der Waals surface area contributed by atoms with Crippen LogP contribution in [0, 0.1) is 0 Å². The average molecular weight is 214 g/mol. The number of hydrogen-bond acceptors (Lipinski definition) is 2. The Bertz CT molecular complexity index is 291. The van der Waals surface area contributed by atoms with Gasteiger partial charge < -0.3 is 4.52 Å². The molecule has 0 saturated carbocycles. The molecule has 0 aliphatic rings. The Hall–Kier alpha value is -0.170. The minimum absolute atomic E-state index is 0.744. The second-order valence-corrected chi connectivity index (χ2v) is 8.72. The predicted molar refractivity (Wildman–Crippen MR) is 62.2 cm³/mol. The molecule has 0 bridgehead atoms. The van der Waals surface area contributed by atoms with Gasteiger partial charge in [-0.1, -0.05) is 42.1 Å². The SMILES string of the molecule is CP(C)(=S)OCCc1ccccc1. The molecule has 13 heavy (non-hydrogen) atoms. The molecular weight excluding hydrogens is 199 g/mol. The summed E-state index contributed by atoms with van der Waals surface area (Å²) in [5.74, 6) is 0. The highest BCUT2D eigenvalue weighted by Gasteiger charge is 2.00. The molecule has 1 rings (SSSR count). The van der Waals surface area contributed by atoms with E-state index in [1.165, 1.54) is 5.56 Å². The maximum Gasteiger partial charge on any atom is 0.0616 e. The summed E-state index contributed by atoms with van der Waals surface area (Å²) in [6.45, 7) is 4.76. The summed E-state index contributed by atoms with van der Waals surface area (Å²) >= 11 is 5.19. The third kappa shape index (κ3) is 5.20. The summed E-state index contributed by atoms with van der Waals surface area (Å²) in [4.78, 5) is 0. The Morgan fingerprint density at radius 3 is 2.38 bits per heavy atom. The van der Waals surface area contributed by atoms with Gasteiger partial charge in [-0.15, -0.1) is 0 Å². The normalized spacial score (nSPS) is 11.5. The van der Waals surface area contributed by atoms with Gasteiger partial charge in [-0.2, -0.15) is 0 Å². The van der Waals surface area contributed by atoms with Gasteiger partial charge in [-0.05, 0) is 25.3 Å². The van der Waals surface area contributed by atoms with Crippen LogP contribution in [0.5, 0.6) is 0 Å². The number of benzene rings is 1. The van der Waals surface area contributed by atoms with Crippen molar-refractivity contribution in [2.45, 2.75) is 6.42 Å². The van der Waals surface area contributed by atoms with E-state index >= 15 is 0 Å². The van der Waals surface area contributed by atoms with Gasteiger partial charge in [0.15, 0.2) is 0 Å². The molecule has 0 amide bonds. The van der Waals surface area contributed by atoms with Crippen LogP contribution in [0.15, 0.2) is 30.3 Å². The fraction of sp³-hybridized carbons (Fsp3) is 0.400.